The first-order valence-electron chi connectivity index (χ1n) is 12.5. The number of fused-ring (bicyclic) bond motifs is 10. The molecule has 0 spiro atoms. The zero-order valence-corrected chi connectivity index (χ0v) is 21.1. The Morgan fingerprint density at radius 3 is 2.28 bits per heavy atom. The molecule has 10 heteroatoms. The van der Waals surface area contributed by atoms with Crippen molar-refractivity contribution < 1.29 is 23.9 Å². The van der Waals surface area contributed by atoms with Gasteiger partial charge in [0.05, 0.1) is 28.2 Å². The lowest BCUT2D eigenvalue weighted by atomic mass is 9.96. The smallest absolute Gasteiger partial charge is 0.303 e. The van der Waals surface area contributed by atoms with Gasteiger partial charge in [0.1, 0.15) is 6.10 Å². The molecule has 0 saturated carbocycles. The molecule has 3 amide bonds. The number of esters is 1. The Morgan fingerprint density at radius 2 is 1.59 bits per heavy atom. The van der Waals surface area contributed by atoms with E-state index in [0.717, 1.165) is 11.0 Å². The van der Waals surface area contributed by atoms with Crippen molar-refractivity contribution in [2.24, 2.45) is 0 Å². The number of anilines is 2. The molecule has 5 aromatic rings. The summed E-state index contributed by atoms with van der Waals surface area (Å²) in [6.07, 6.45) is 3.90. The minimum Gasteiger partial charge on any atom is -0.458 e. The van der Waals surface area contributed by atoms with Crippen LogP contribution < -0.4 is 11.5 Å². The Balaban J connectivity index is 1.69. The summed E-state index contributed by atoms with van der Waals surface area (Å²) in [7, 11) is 0. The van der Waals surface area contributed by atoms with E-state index >= 15 is 0 Å². The van der Waals surface area contributed by atoms with Crippen LogP contribution in [0.15, 0.2) is 48.6 Å². The van der Waals surface area contributed by atoms with E-state index in [4.69, 9.17) is 16.2 Å². The third-order valence-electron chi connectivity index (χ3n) is 7.66. The van der Waals surface area contributed by atoms with Crippen molar-refractivity contribution in [2.45, 2.75) is 32.4 Å². The molecule has 2 atom stereocenters. The molecule has 0 saturated heterocycles. The molecular weight excluding hydrogens is 498 g/mol. The lowest BCUT2D eigenvalue weighted by molar-refractivity contribution is -0.144. The summed E-state index contributed by atoms with van der Waals surface area (Å²) in [5.41, 5.74) is 16.5. The Hall–Kier alpha value is -5.12. The second-order valence-corrected chi connectivity index (χ2v) is 10.1. The largest absolute Gasteiger partial charge is 0.458 e. The van der Waals surface area contributed by atoms with Gasteiger partial charge in [-0.05, 0) is 42.5 Å². The number of nitrogen functional groups attached to an aromatic ring is 2. The third-order valence-corrected chi connectivity index (χ3v) is 7.66. The number of allylic oxidation sites excluding steroid dienone is 1. The Kier molecular flexibility index (Phi) is 4.55. The first kappa shape index (κ1) is 23.0. The van der Waals surface area contributed by atoms with Crippen LogP contribution in [0.5, 0.6) is 0 Å². The van der Waals surface area contributed by atoms with Gasteiger partial charge in [-0.15, -0.1) is 0 Å². The highest BCUT2D eigenvalue weighted by molar-refractivity contribution is 6.42. The van der Waals surface area contributed by atoms with E-state index in [0.29, 0.717) is 55.3 Å². The maximum atomic E-state index is 13.8. The van der Waals surface area contributed by atoms with Gasteiger partial charge in [0, 0.05) is 64.2 Å². The van der Waals surface area contributed by atoms with Gasteiger partial charge in [-0.3, -0.25) is 19.2 Å². The van der Waals surface area contributed by atoms with Crippen LogP contribution in [-0.4, -0.2) is 44.2 Å². The van der Waals surface area contributed by atoms with Gasteiger partial charge in [0.15, 0.2) is 0 Å². The van der Waals surface area contributed by atoms with Crippen molar-refractivity contribution >= 4 is 78.7 Å². The van der Waals surface area contributed by atoms with Crippen LogP contribution in [0.25, 0.3) is 43.6 Å². The van der Waals surface area contributed by atoms with Gasteiger partial charge in [-0.2, -0.15) is 0 Å². The van der Waals surface area contributed by atoms with Crippen LogP contribution in [0.1, 0.15) is 47.0 Å². The van der Waals surface area contributed by atoms with E-state index in [2.05, 4.69) is 9.55 Å². The minimum atomic E-state index is -0.672. The summed E-state index contributed by atoms with van der Waals surface area (Å²) in [5.74, 6) is -2.37. The van der Waals surface area contributed by atoms with Crippen LogP contribution in [0.2, 0.25) is 0 Å². The fourth-order valence-corrected chi connectivity index (χ4v) is 6.24. The lowest BCUT2D eigenvalue weighted by Crippen LogP contribution is -2.34. The minimum absolute atomic E-state index is 0.161. The summed E-state index contributed by atoms with van der Waals surface area (Å²) in [5, 5.41) is 2.41. The molecule has 1 unspecified atom stereocenters. The number of amides is 3. The predicted octanol–water partition coefficient (Wildman–Crippen LogP) is 4.17. The second-order valence-electron chi connectivity index (χ2n) is 10.1. The highest BCUT2D eigenvalue weighted by Crippen LogP contribution is 2.47. The maximum absolute atomic E-state index is 13.8. The Morgan fingerprint density at radius 1 is 0.923 bits per heavy atom. The quantitative estimate of drug-likeness (QED) is 0.136. The molecule has 0 fully saturated rings. The SMILES string of the molecule is CC(=O)O[C@@H]1C=CC(n2c3ccc(N)cc3c3c4c(c5c6cc(N)ccc6[nH]c5c32)C(=O)N(C(C)=O)C4=O)C1. The molecule has 0 radical (unpaired) electrons. The molecule has 1 aliphatic heterocycles. The molecule has 2 aliphatic rings. The second kappa shape index (κ2) is 7.70. The summed E-state index contributed by atoms with van der Waals surface area (Å²) >= 11 is 0. The lowest BCUT2D eigenvalue weighted by Gasteiger charge is -2.17. The fraction of sp³-hybridized carbons (Fsp3) is 0.172. The van der Waals surface area contributed by atoms with E-state index in [-0.39, 0.29) is 23.1 Å². The van der Waals surface area contributed by atoms with Crippen molar-refractivity contribution in [3.05, 3.63) is 59.7 Å². The monoisotopic (exact) mass is 521 g/mol. The number of carbonyl (C=O) groups is 4. The molecule has 39 heavy (non-hydrogen) atoms. The molecule has 10 nitrogen and oxygen atoms in total. The van der Waals surface area contributed by atoms with Crippen LogP contribution >= 0.6 is 0 Å². The van der Waals surface area contributed by atoms with E-state index in [1.165, 1.54) is 13.8 Å². The average Bonchev–Trinajstić information content (AvgIpc) is 3.60. The van der Waals surface area contributed by atoms with Crippen LogP contribution in [0, 0.1) is 0 Å². The maximum Gasteiger partial charge on any atom is 0.303 e. The first-order chi connectivity index (χ1) is 18.7. The number of nitrogens with one attached hydrogen (secondary N) is 1. The number of hydrogen-bond donors (Lipinski definition) is 3. The van der Waals surface area contributed by atoms with E-state index < -0.39 is 23.8 Å². The van der Waals surface area contributed by atoms with Gasteiger partial charge >= 0.3 is 5.97 Å². The van der Waals surface area contributed by atoms with E-state index in [1.807, 2.05) is 24.3 Å². The number of H-pyrrole nitrogens is 1. The number of rotatable bonds is 2. The van der Waals surface area contributed by atoms with Gasteiger partial charge in [-0.1, -0.05) is 6.08 Å². The van der Waals surface area contributed by atoms with Crippen LogP contribution in [0.4, 0.5) is 11.4 Å². The average molecular weight is 522 g/mol. The molecule has 1 aliphatic carbocycles. The Bertz CT molecular complexity index is 2010. The number of nitrogens with two attached hydrogens (primary N) is 2. The number of aromatic nitrogens is 2. The van der Waals surface area contributed by atoms with E-state index in [9.17, 15) is 19.2 Å². The van der Waals surface area contributed by atoms with E-state index in [1.54, 1.807) is 24.3 Å². The zero-order valence-electron chi connectivity index (χ0n) is 21.1. The normalized spacial score (nSPS) is 18.8. The fourth-order valence-electron chi connectivity index (χ4n) is 6.24. The van der Waals surface area contributed by atoms with Crippen molar-refractivity contribution in [3.8, 4) is 0 Å². The first-order valence-corrected chi connectivity index (χ1v) is 12.5. The van der Waals surface area contributed by atoms with Gasteiger partial charge in [0.2, 0.25) is 5.91 Å². The topological polar surface area (TPSA) is 154 Å². The number of aromatic amines is 1. The highest BCUT2D eigenvalue weighted by atomic mass is 16.5. The van der Waals surface area contributed by atoms with Gasteiger partial charge in [0.25, 0.3) is 11.8 Å². The molecule has 0 bridgehead atoms. The Labute approximate surface area is 220 Å². The summed E-state index contributed by atoms with van der Waals surface area (Å²) in [6, 6.07) is 10.5. The molecule has 2 aromatic heterocycles. The third kappa shape index (κ3) is 3.02. The molecule has 7 rings (SSSR count). The molecule has 3 aromatic carbocycles. The van der Waals surface area contributed by atoms with Crippen LogP contribution in [-0.2, 0) is 14.3 Å². The van der Waals surface area contributed by atoms with Crippen molar-refractivity contribution in [3.63, 3.8) is 0 Å². The number of imide groups is 3. The summed E-state index contributed by atoms with van der Waals surface area (Å²) in [6.45, 7) is 2.57. The number of nitrogens with zero attached hydrogens (tertiary/aromatic N) is 2. The summed E-state index contributed by atoms with van der Waals surface area (Å²) in [4.78, 5) is 55.8. The summed E-state index contributed by atoms with van der Waals surface area (Å²) < 4.78 is 7.54. The number of carbonyl (C=O) groups excluding carboxylic acids is 4. The highest BCUT2D eigenvalue weighted by Gasteiger charge is 2.44. The van der Waals surface area contributed by atoms with Crippen LogP contribution in [0.3, 0.4) is 0 Å². The van der Waals surface area contributed by atoms with Gasteiger partial charge < -0.3 is 25.8 Å². The number of ether oxygens (including phenoxy) is 1. The van der Waals surface area contributed by atoms with Gasteiger partial charge in [-0.25, -0.2) is 4.90 Å². The standard InChI is InChI=1S/C29H23N5O5/c1-12(35)33-28(37)24-22-18-9-14(30)3-7-20(18)32-26(22)27-23(25(24)29(33)38)19-10-15(31)4-8-21(19)34(27)16-5-6-17(11-16)39-13(2)36/h3-10,16-17,32H,11,30-31H2,1-2H3/t16?,17-/m1/s1. The molecular formula is C29H23N5O5. The van der Waals surface area contributed by atoms with Crippen molar-refractivity contribution in [1.29, 1.82) is 0 Å². The van der Waals surface area contributed by atoms with Crippen molar-refractivity contribution in [2.75, 3.05) is 11.5 Å². The molecule has 5 N–H and O–H groups in total. The number of benzene rings is 3. The zero-order chi connectivity index (χ0) is 27.3. The number of hydrogen-bond acceptors (Lipinski definition) is 7. The predicted molar refractivity (Wildman–Crippen MR) is 147 cm³/mol. The molecule has 194 valence electrons. The van der Waals surface area contributed by atoms with Crippen molar-refractivity contribution in [1.82, 2.24) is 14.5 Å². The molecule has 3 heterocycles.